The van der Waals surface area contributed by atoms with Gasteiger partial charge in [-0.2, -0.15) is 18.3 Å². The van der Waals surface area contributed by atoms with Gasteiger partial charge in [0.1, 0.15) is 17.1 Å². The van der Waals surface area contributed by atoms with E-state index < -0.39 is 53.9 Å². The fourth-order valence-electron chi connectivity index (χ4n) is 5.54. The normalized spacial score (nSPS) is 17.0. The highest BCUT2D eigenvalue weighted by Gasteiger charge is 2.40. The Morgan fingerprint density at radius 1 is 1.14 bits per heavy atom. The minimum Gasteiger partial charge on any atom is -0.497 e. The van der Waals surface area contributed by atoms with E-state index in [1.807, 2.05) is 0 Å². The largest absolute Gasteiger partial charge is 0.497 e. The van der Waals surface area contributed by atoms with E-state index in [2.05, 4.69) is 10.1 Å². The molecule has 228 valence electrons. The number of aromatic nitrogens is 3. The molecule has 1 aliphatic heterocycles. The van der Waals surface area contributed by atoms with Crippen molar-refractivity contribution in [3.05, 3.63) is 82.4 Å². The number of hydrogen-bond acceptors (Lipinski definition) is 6. The topological polar surface area (TPSA) is 83.2 Å². The van der Waals surface area contributed by atoms with E-state index in [-0.39, 0.29) is 47.7 Å². The number of carbonyl (C=O) groups excluding carboxylic acids is 1. The van der Waals surface area contributed by atoms with E-state index in [0.29, 0.717) is 21.9 Å². The van der Waals surface area contributed by atoms with Gasteiger partial charge in [-0.1, -0.05) is 0 Å². The van der Waals surface area contributed by atoms with E-state index in [0.717, 1.165) is 12.3 Å². The molecule has 1 fully saturated rings. The highest BCUT2D eigenvalue weighted by molar-refractivity contribution is 6.00. The van der Waals surface area contributed by atoms with Crippen molar-refractivity contribution >= 4 is 11.6 Å². The van der Waals surface area contributed by atoms with Crippen molar-refractivity contribution < 1.29 is 41.0 Å². The van der Waals surface area contributed by atoms with Crippen molar-refractivity contribution in [1.29, 1.82) is 0 Å². The Hall–Kier alpha value is -4.17. The van der Waals surface area contributed by atoms with Crippen molar-refractivity contribution in [2.45, 2.75) is 32.1 Å². The van der Waals surface area contributed by atoms with Crippen LogP contribution in [-0.2, 0) is 6.18 Å². The minimum atomic E-state index is -4.82. The quantitative estimate of drug-likeness (QED) is 0.245. The molecule has 1 unspecified atom stereocenters. The van der Waals surface area contributed by atoms with Gasteiger partial charge in [-0.25, -0.2) is 22.7 Å². The van der Waals surface area contributed by atoms with Crippen LogP contribution < -0.4 is 4.74 Å². The van der Waals surface area contributed by atoms with Crippen LogP contribution in [-0.4, -0.2) is 74.8 Å². The van der Waals surface area contributed by atoms with E-state index in [1.54, 1.807) is 36.1 Å². The van der Waals surface area contributed by atoms with E-state index in [9.17, 15) is 36.2 Å². The zero-order chi connectivity index (χ0) is 31.2. The molecule has 1 aliphatic rings. The number of carbonyl (C=O) groups is 1. The Labute approximate surface area is 242 Å². The smallest absolute Gasteiger partial charge is 0.433 e. The molecule has 1 amide bonds. The van der Waals surface area contributed by atoms with Crippen LogP contribution in [0.15, 0.2) is 42.6 Å². The van der Waals surface area contributed by atoms with Crippen LogP contribution in [0.1, 0.15) is 40.1 Å². The lowest BCUT2D eigenvalue weighted by atomic mass is 10.0. The van der Waals surface area contributed by atoms with Crippen LogP contribution >= 0.6 is 0 Å². The number of fused-ring (bicyclic) bond motifs is 1. The van der Waals surface area contributed by atoms with Gasteiger partial charge in [0.05, 0.1) is 31.6 Å². The van der Waals surface area contributed by atoms with Crippen LogP contribution in [0.3, 0.4) is 0 Å². The summed E-state index contributed by atoms with van der Waals surface area (Å²) in [5, 5.41) is 13.9. The molecule has 1 N–H and O–H groups in total. The summed E-state index contributed by atoms with van der Waals surface area (Å²) < 4.78 is 90.8. The summed E-state index contributed by atoms with van der Waals surface area (Å²) in [6.45, 7) is 2.47. The molecule has 0 bridgehead atoms. The zero-order valence-corrected chi connectivity index (χ0v) is 23.3. The molecular weight excluding hydrogens is 580 g/mol. The Kier molecular flexibility index (Phi) is 8.09. The molecule has 14 heteroatoms. The molecule has 3 heterocycles. The first-order chi connectivity index (χ1) is 20.3. The number of rotatable bonds is 6. The van der Waals surface area contributed by atoms with Gasteiger partial charge in [-0.05, 0) is 44.2 Å². The number of halogens is 6. The SMILES string of the molecule is COc1ccc(-c2nc3c(C(=O)N4CCN(C(CO)c5cc(F)cc(F)c5F)C[C@H]4C)cnn3c(C(F)(F)F)c2C)cc1. The fraction of sp³-hybridized carbons (Fsp3) is 0.345. The summed E-state index contributed by atoms with van der Waals surface area (Å²) in [4.78, 5) is 21.2. The van der Waals surface area contributed by atoms with Crippen molar-refractivity contribution in [2.75, 3.05) is 33.4 Å². The van der Waals surface area contributed by atoms with Crippen molar-refractivity contribution in [3.8, 4) is 17.0 Å². The number of nitrogens with zero attached hydrogens (tertiary/aromatic N) is 5. The third-order valence-electron chi connectivity index (χ3n) is 7.66. The lowest BCUT2D eigenvalue weighted by Crippen LogP contribution is -2.55. The highest BCUT2D eigenvalue weighted by Crippen LogP contribution is 2.37. The average Bonchev–Trinajstić information content (AvgIpc) is 3.37. The Morgan fingerprint density at radius 3 is 2.44 bits per heavy atom. The van der Waals surface area contributed by atoms with Crippen LogP contribution in [0, 0.1) is 24.4 Å². The maximum absolute atomic E-state index is 14.5. The minimum absolute atomic E-state index is 0.0186. The first kappa shape index (κ1) is 30.3. The summed E-state index contributed by atoms with van der Waals surface area (Å²) in [6, 6.07) is 5.84. The Morgan fingerprint density at radius 2 is 1.84 bits per heavy atom. The molecule has 5 rings (SSSR count). The first-order valence-corrected chi connectivity index (χ1v) is 13.3. The maximum Gasteiger partial charge on any atom is 0.433 e. The summed E-state index contributed by atoms with van der Waals surface area (Å²) in [5.41, 5.74) is -1.65. The number of methoxy groups -OCH3 is 1. The second-order valence-corrected chi connectivity index (χ2v) is 10.3. The van der Waals surface area contributed by atoms with Gasteiger partial charge in [-0.15, -0.1) is 0 Å². The van der Waals surface area contributed by atoms with Gasteiger partial charge in [0.25, 0.3) is 5.91 Å². The molecule has 43 heavy (non-hydrogen) atoms. The number of benzene rings is 2. The van der Waals surface area contributed by atoms with Gasteiger partial charge < -0.3 is 14.7 Å². The Balaban J connectivity index is 1.49. The van der Waals surface area contributed by atoms with E-state index >= 15 is 0 Å². The second kappa shape index (κ2) is 11.5. The summed E-state index contributed by atoms with van der Waals surface area (Å²) >= 11 is 0. The molecule has 4 aromatic rings. The van der Waals surface area contributed by atoms with Gasteiger partial charge in [0.2, 0.25) is 0 Å². The summed E-state index contributed by atoms with van der Waals surface area (Å²) in [7, 11) is 1.46. The lowest BCUT2D eigenvalue weighted by Gasteiger charge is -2.43. The fourth-order valence-corrected chi connectivity index (χ4v) is 5.54. The third-order valence-corrected chi connectivity index (χ3v) is 7.66. The molecule has 0 radical (unpaired) electrons. The van der Waals surface area contributed by atoms with Gasteiger partial charge in [0, 0.05) is 48.4 Å². The molecule has 2 aromatic carbocycles. The average molecular weight is 608 g/mol. The second-order valence-electron chi connectivity index (χ2n) is 10.3. The van der Waals surface area contributed by atoms with Crippen molar-refractivity contribution in [2.24, 2.45) is 0 Å². The summed E-state index contributed by atoms with van der Waals surface area (Å²) in [5.74, 6) is -3.81. The molecule has 0 aliphatic carbocycles. The highest BCUT2D eigenvalue weighted by atomic mass is 19.4. The van der Waals surface area contributed by atoms with Gasteiger partial charge in [0.15, 0.2) is 23.0 Å². The summed E-state index contributed by atoms with van der Waals surface area (Å²) in [6.07, 6.45) is -3.78. The first-order valence-electron chi connectivity index (χ1n) is 13.3. The number of piperazine rings is 1. The number of ether oxygens (including phenoxy) is 1. The zero-order valence-electron chi connectivity index (χ0n) is 23.3. The molecule has 2 aromatic heterocycles. The lowest BCUT2D eigenvalue weighted by molar-refractivity contribution is -0.143. The monoisotopic (exact) mass is 607 g/mol. The third kappa shape index (κ3) is 5.52. The number of amides is 1. The number of aliphatic hydroxyl groups excluding tert-OH is 1. The predicted octanol–water partition coefficient (Wildman–Crippen LogP) is 5.03. The standard InChI is InChI=1S/C29H27F6N5O3/c1-15-13-38(23(14-41)20-10-18(30)11-22(31)24(20)32)8-9-39(15)28(42)21-12-36-40-26(29(33,34)35)16(2)25(37-27(21)40)17-4-6-19(43-3)7-5-17/h4-7,10-12,15,23,41H,8-9,13-14H2,1-3H3/t15-,23?/m1/s1. The molecule has 1 saturated heterocycles. The number of aliphatic hydroxyl groups is 1. The molecule has 2 atom stereocenters. The maximum atomic E-state index is 14.5. The van der Waals surface area contributed by atoms with Gasteiger partial charge >= 0.3 is 6.18 Å². The van der Waals surface area contributed by atoms with E-state index in [4.69, 9.17) is 4.74 Å². The van der Waals surface area contributed by atoms with Gasteiger partial charge in [-0.3, -0.25) is 9.69 Å². The molecule has 0 spiro atoms. The van der Waals surface area contributed by atoms with Crippen LogP contribution in [0.2, 0.25) is 0 Å². The molecule has 0 saturated carbocycles. The van der Waals surface area contributed by atoms with Crippen molar-refractivity contribution in [3.63, 3.8) is 0 Å². The van der Waals surface area contributed by atoms with Crippen LogP contribution in [0.5, 0.6) is 5.75 Å². The number of alkyl halides is 3. The van der Waals surface area contributed by atoms with Crippen LogP contribution in [0.4, 0.5) is 26.3 Å². The van der Waals surface area contributed by atoms with Crippen LogP contribution in [0.25, 0.3) is 16.9 Å². The predicted molar refractivity (Wildman–Crippen MR) is 143 cm³/mol. The van der Waals surface area contributed by atoms with Crippen molar-refractivity contribution in [1.82, 2.24) is 24.4 Å². The number of hydrogen-bond donors (Lipinski definition) is 1. The molecular formula is C29H27F6N5O3. The molecule has 8 nitrogen and oxygen atoms in total. The Bertz CT molecular complexity index is 1670. The van der Waals surface area contributed by atoms with E-state index in [1.165, 1.54) is 18.9 Å².